The lowest BCUT2D eigenvalue weighted by atomic mass is 10.1. The fourth-order valence-corrected chi connectivity index (χ4v) is 2.91. The topological polar surface area (TPSA) is 67.9 Å². The van der Waals surface area contributed by atoms with Gasteiger partial charge in [-0.05, 0) is 24.3 Å². The second kappa shape index (κ2) is 7.25. The third-order valence-electron chi connectivity index (χ3n) is 4.21. The van der Waals surface area contributed by atoms with E-state index in [2.05, 4.69) is 5.32 Å². The Kier molecular flexibility index (Phi) is 4.88. The highest BCUT2D eigenvalue weighted by Gasteiger charge is 2.36. The Bertz CT molecular complexity index is 790. The summed E-state index contributed by atoms with van der Waals surface area (Å²) in [5.74, 6) is 0.596. The van der Waals surface area contributed by atoms with Gasteiger partial charge in [0.05, 0.1) is 25.8 Å². The smallest absolute Gasteiger partial charge is 0.229 e. The Hall–Kier alpha value is -3.02. The van der Waals surface area contributed by atoms with E-state index in [0.29, 0.717) is 29.4 Å². The number of methoxy groups -OCH3 is 2. The maximum absolute atomic E-state index is 12.5. The van der Waals surface area contributed by atoms with Crippen LogP contribution in [0.1, 0.15) is 6.42 Å². The van der Waals surface area contributed by atoms with E-state index < -0.39 is 5.92 Å². The molecule has 2 aromatic rings. The van der Waals surface area contributed by atoms with Crippen molar-refractivity contribution >= 4 is 23.2 Å². The van der Waals surface area contributed by atoms with E-state index >= 15 is 0 Å². The van der Waals surface area contributed by atoms with Crippen molar-refractivity contribution < 1.29 is 19.1 Å². The minimum atomic E-state index is -0.413. The molecule has 2 amide bonds. The van der Waals surface area contributed by atoms with Gasteiger partial charge in [-0.25, -0.2) is 0 Å². The minimum Gasteiger partial charge on any atom is -0.497 e. The van der Waals surface area contributed by atoms with Gasteiger partial charge in [0.2, 0.25) is 11.8 Å². The van der Waals surface area contributed by atoms with Crippen molar-refractivity contribution in [3.8, 4) is 11.5 Å². The van der Waals surface area contributed by atoms with Gasteiger partial charge >= 0.3 is 0 Å². The molecule has 2 aromatic carbocycles. The normalized spacial score (nSPS) is 16.6. The van der Waals surface area contributed by atoms with Gasteiger partial charge in [-0.1, -0.05) is 18.2 Å². The maximum Gasteiger partial charge on any atom is 0.229 e. The Morgan fingerprint density at radius 1 is 1.12 bits per heavy atom. The van der Waals surface area contributed by atoms with Crippen molar-refractivity contribution in [1.29, 1.82) is 0 Å². The van der Waals surface area contributed by atoms with Gasteiger partial charge in [-0.2, -0.15) is 0 Å². The summed E-state index contributed by atoms with van der Waals surface area (Å²) in [6.07, 6.45) is 0.174. The average Bonchev–Trinajstić information content (AvgIpc) is 3.03. The van der Waals surface area contributed by atoms with E-state index in [1.807, 2.05) is 18.2 Å². The number of hydrogen-bond donors (Lipinski definition) is 1. The zero-order valence-electron chi connectivity index (χ0n) is 14.2. The molecule has 0 unspecified atom stereocenters. The third-order valence-corrected chi connectivity index (χ3v) is 4.21. The van der Waals surface area contributed by atoms with E-state index in [1.165, 1.54) is 0 Å². The molecule has 6 heteroatoms. The first-order chi connectivity index (χ1) is 12.1. The van der Waals surface area contributed by atoms with Crippen LogP contribution >= 0.6 is 0 Å². The number of hydrogen-bond acceptors (Lipinski definition) is 4. The van der Waals surface area contributed by atoms with Gasteiger partial charge in [0.15, 0.2) is 0 Å². The number of para-hydroxylation sites is 2. The van der Waals surface area contributed by atoms with Crippen molar-refractivity contribution in [2.24, 2.45) is 5.92 Å². The quantitative estimate of drug-likeness (QED) is 0.909. The Morgan fingerprint density at radius 3 is 2.68 bits per heavy atom. The van der Waals surface area contributed by atoms with Crippen LogP contribution in [-0.2, 0) is 9.59 Å². The molecule has 1 saturated heterocycles. The first-order valence-corrected chi connectivity index (χ1v) is 8.00. The van der Waals surface area contributed by atoms with Gasteiger partial charge in [-0.3, -0.25) is 9.59 Å². The summed E-state index contributed by atoms with van der Waals surface area (Å²) in [5, 5.41) is 2.85. The molecule has 1 aliphatic heterocycles. The van der Waals surface area contributed by atoms with Crippen LogP contribution < -0.4 is 19.7 Å². The van der Waals surface area contributed by atoms with Gasteiger partial charge < -0.3 is 19.7 Å². The first kappa shape index (κ1) is 16.8. The summed E-state index contributed by atoms with van der Waals surface area (Å²) in [6.45, 7) is 0.328. The molecular weight excluding hydrogens is 320 g/mol. The molecular formula is C19H20N2O4. The Labute approximate surface area is 146 Å². The lowest BCUT2D eigenvalue weighted by molar-refractivity contribution is -0.122. The van der Waals surface area contributed by atoms with E-state index in [-0.39, 0.29) is 18.2 Å². The zero-order chi connectivity index (χ0) is 17.8. The lowest BCUT2D eigenvalue weighted by Gasteiger charge is -2.19. The van der Waals surface area contributed by atoms with Crippen LogP contribution in [0.25, 0.3) is 0 Å². The summed E-state index contributed by atoms with van der Waals surface area (Å²) >= 11 is 0. The lowest BCUT2D eigenvalue weighted by Crippen LogP contribution is -2.28. The predicted octanol–water partition coefficient (Wildman–Crippen LogP) is 2.70. The van der Waals surface area contributed by atoms with Crippen LogP contribution in [0.3, 0.4) is 0 Å². The highest BCUT2D eigenvalue weighted by atomic mass is 16.5. The molecule has 0 bridgehead atoms. The molecule has 1 fully saturated rings. The zero-order valence-corrected chi connectivity index (χ0v) is 14.2. The second-order valence-corrected chi connectivity index (χ2v) is 5.80. The molecule has 0 spiro atoms. The number of carbonyl (C=O) groups excluding carboxylic acids is 2. The number of anilines is 2. The van der Waals surface area contributed by atoms with Crippen LogP contribution in [0.4, 0.5) is 11.4 Å². The van der Waals surface area contributed by atoms with E-state index in [4.69, 9.17) is 9.47 Å². The second-order valence-electron chi connectivity index (χ2n) is 5.80. The van der Waals surface area contributed by atoms with Crippen molar-refractivity contribution in [2.45, 2.75) is 6.42 Å². The summed E-state index contributed by atoms with van der Waals surface area (Å²) in [7, 11) is 3.13. The van der Waals surface area contributed by atoms with Crippen LogP contribution in [0.15, 0.2) is 48.5 Å². The molecule has 0 saturated carbocycles. The summed E-state index contributed by atoms with van der Waals surface area (Å²) in [6, 6.07) is 14.4. The largest absolute Gasteiger partial charge is 0.497 e. The van der Waals surface area contributed by atoms with Crippen molar-refractivity contribution in [2.75, 3.05) is 31.0 Å². The molecule has 25 heavy (non-hydrogen) atoms. The van der Waals surface area contributed by atoms with Crippen LogP contribution in [0.5, 0.6) is 11.5 Å². The highest BCUT2D eigenvalue weighted by molar-refractivity contribution is 6.04. The van der Waals surface area contributed by atoms with Crippen molar-refractivity contribution in [3.63, 3.8) is 0 Å². The number of nitrogens with one attached hydrogen (secondary N) is 1. The van der Waals surface area contributed by atoms with E-state index in [0.717, 1.165) is 0 Å². The predicted molar refractivity (Wildman–Crippen MR) is 95.1 cm³/mol. The standard InChI is InChI=1S/C19H20N2O4/c1-24-15-7-5-6-14(11-15)20-19(23)13-10-18(22)21(12-13)16-8-3-4-9-17(16)25-2/h3-9,11,13H,10,12H2,1-2H3,(H,20,23)/t13-/m0/s1. The first-order valence-electron chi connectivity index (χ1n) is 8.00. The van der Waals surface area contributed by atoms with E-state index in [9.17, 15) is 9.59 Å². The average molecular weight is 340 g/mol. The van der Waals surface area contributed by atoms with Crippen LogP contribution in [0.2, 0.25) is 0 Å². The van der Waals surface area contributed by atoms with Crippen molar-refractivity contribution in [1.82, 2.24) is 0 Å². The number of ether oxygens (including phenoxy) is 2. The molecule has 0 aliphatic carbocycles. The fraction of sp³-hybridized carbons (Fsp3) is 0.263. The summed E-state index contributed by atoms with van der Waals surface area (Å²) < 4.78 is 10.5. The number of benzene rings is 2. The molecule has 1 N–H and O–H groups in total. The van der Waals surface area contributed by atoms with Crippen LogP contribution in [-0.4, -0.2) is 32.6 Å². The van der Waals surface area contributed by atoms with E-state index in [1.54, 1.807) is 49.5 Å². The van der Waals surface area contributed by atoms with Crippen LogP contribution in [0, 0.1) is 5.92 Å². The number of amides is 2. The van der Waals surface area contributed by atoms with Gasteiger partial charge in [-0.15, -0.1) is 0 Å². The monoisotopic (exact) mass is 340 g/mol. The third kappa shape index (κ3) is 3.57. The molecule has 0 radical (unpaired) electrons. The van der Waals surface area contributed by atoms with Gasteiger partial charge in [0.1, 0.15) is 11.5 Å². The number of rotatable bonds is 5. The Balaban J connectivity index is 1.72. The molecule has 6 nitrogen and oxygen atoms in total. The maximum atomic E-state index is 12.5. The molecule has 0 aromatic heterocycles. The van der Waals surface area contributed by atoms with Crippen molar-refractivity contribution in [3.05, 3.63) is 48.5 Å². The molecule has 1 atom stereocenters. The summed E-state index contributed by atoms with van der Waals surface area (Å²) in [5.41, 5.74) is 1.33. The SMILES string of the molecule is COc1cccc(NC(=O)[C@H]2CC(=O)N(c3ccccc3OC)C2)c1. The molecule has 1 aliphatic rings. The fourth-order valence-electron chi connectivity index (χ4n) is 2.91. The Morgan fingerprint density at radius 2 is 1.92 bits per heavy atom. The molecule has 1 heterocycles. The van der Waals surface area contributed by atoms with Gasteiger partial charge in [0.25, 0.3) is 0 Å². The summed E-state index contributed by atoms with van der Waals surface area (Å²) in [4.78, 5) is 26.5. The minimum absolute atomic E-state index is 0.0877. The number of carbonyl (C=O) groups is 2. The molecule has 3 rings (SSSR count). The molecule has 130 valence electrons. The number of nitrogens with zero attached hydrogens (tertiary/aromatic N) is 1. The highest BCUT2D eigenvalue weighted by Crippen LogP contribution is 2.33. The van der Waals surface area contributed by atoms with Gasteiger partial charge in [0, 0.05) is 24.7 Å².